The second-order valence-corrected chi connectivity index (χ2v) is 4.62. The van der Waals surface area contributed by atoms with E-state index in [0.29, 0.717) is 12.0 Å². The topological polar surface area (TPSA) is 62.2 Å². The van der Waals surface area contributed by atoms with Gasteiger partial charge in [-0.3, -0.25) is 9.78 Å². The Morgan fingerprint density at radius 2 is 2.16 bits per heavy atom. The van der Waals surface area contributed by atoms with E-state index in [-0.39, 0.29) is 18.6 Å². The van der Waals surface area contributed by atoms with Gasteiger partial charge in [0, 0.05) is 24.2 Å². The number of hydrogen-bond donors (Lipinski definition) is 2. The van der Waals surface area contributed by atoms with Crippen molar-refractivity contribution < 1.29 is 9.90 Å². The minimum Gasteiger partial charge on any atom is -0.396 e. The highest BCUT2D eigenvalue weighted by Crippen LogP contribution is 2.16. The predicted octanol–water partition coefficient (Wildman–Crippen LogP) is 2.13. The molecule has 1 heterocycles. The zero-order chi connectivity index (χ0) is 13.7. The van der Waals surface area contributed by atoms with Crippen molar-refractivity contribution in [3.8, 4) is 0 Å². The summed E-state index contributed by atoms with van der Waals surface area (Å²) in [5.74, 6) is -0.116. The summed E-state index contributed by atoms with van der Waals surface area (Å²) < 4.78 is 0. The predicted molar refractivity (Wildman–Crippen MR) is 75.0 cm³/mol. The van der Waals surface area contributed by atoms with E-state index >= 15 is 0 Å². The Kier molecular flexibility index (Phi) is 4.47. The number of fused-ring (bicyclic) bond motifs is 1. The van der Waals surface area contributed by atoms with E-state index < -0.39 is 0 Å². The van der Waals surface area contributed by atoms with E-state index in [1.807, 2.05) is 31.2 Å². The number of nitrogens with zero attached hydrogens (tertiary/aromatic N) is 1. The van der Waals surface area contributed by atoms with Gasteiger partial charge in [0.05, 0.1) is 11.1 Å². The molecule has 0 fully saturated rings. The molecule has 4 heteroatoms. The third-order valence-electron chi connectivity index (χ3n) is 3.05. The van der Waals surface area contributed by atoms with Gasteiger partial charge in [0.2, 0.25) is 0 Å². The Hall–Kier alpha value is -1.94. The molecule has 2 aromatic rings. The smallest absolute Gasteiger partial charge is 0.253 e. The molecule has 0 spiro atoms. The summed E-state index contributed by atoms with van der Waals surface area (Å²) in [7, 11) is 0. The molecule has 0 aliphatic carbocycles. The van der Waals surface area contributed by atoms with Crippen LogP contribution in [0.3, 0.4) is 0 Å². The first-order valence-corrected chi connectivity index (χ1v) is 6.48. The number of aliphatic hydroxyl groups is 1. The molecular weight excluding hydrogens is 240 g/mol. The van der Waals surface area contributed by atoms with E-state index in [1.54, 1.807) is 12.3 Å². The van der Waals surface area contributed by atoms with Crippen molar-refractivity contribution in [1.82, 2.24) is 10.3 Å². The third-order valence-corrected chi connectivity index (χ3v) is 3.05. The summed E-state index contributed by atoms with van der Waals surface area (Å²) in [6.07, 6.45) is 3.14. The van der Waals surface area contributed by atoms with Crippen LogP contribution in [0.15, 0.2) is 36.5 Å². The molecule has 2 N–H and O–H groups in total. The summed E-state index contributed by atoms with van der Waals surface area (Å²) in [6, 6.07) is 9.41. The van der Waals surface area contributed by atoms with Crippen LogP contribution in [0.1, 0.15) is 30.1 Å². The van der Waals surface area contributed by atoms with Crippen LogP contribution in [0.4, 0.5) is 0 Å². The van der Waals surface area contributed by atoms with Gasteiger partial charge in [0.1, 0.15) is 0 Å². The molecule has 1 amide bonds. The minimum absolute atomic E-state index is 0.0404. The fourth-order valence-corrected chi connectivity index (χ4v) is 2.06. The number of carbonyl (C=O) groups excluding carboxylic acids is 1. The molecule has 0 bridgehead atoms. The molecule has 0 saturated heterocycles. The summed E-state index contributed by atoms with van der Waals surface area (Å²) in [4.78, 5) is 16.5. The molecule has 0 aliphatic heterocycles. The van der Waals surface area contributed by atoms with Crippen molar-refractivity contribution >= 4 is 16.8 Å². The molecule has 1 atom stereocenters. The van der Waals surface area contributed by atoms with E-state index in [9.17, 15) is 4.79 Å². The highest BCUT2D eigenvalue weighted by atomic mass is 16.2. The first kappa shape index (κ1) is 13.5. The lowest BCUT2D eigenvalue weighted by Gasteiger charge is -2.13. The standard InChI is InChI=1S/C15H18N2O2/c1-11(5-4-10-18)17-15(19)13-8-2-6-12-7-3-9-16-14(12)13/h2-3,6-9,11,18H,4-5,10H2,1H3,(H,17,19). The van der Waals surface area contributed by atoms with Gasteiger partial charge in [-0.1, -0.05) is 18.2 Å². The van der Waals surface area contributed by atoms with Crippen LogP contribution in [-0.2, 0) is 0 Å². The second-order valence-electron chi connectivity index (χ2n) is 4.62. The molecule has 0 radical (unpaired) electrons. The number of nitrogens with one attached hydrogen (secondary N) is 1. The molecule has 1 aromatic heterocycles. The fourth-order valence-electron chi connectivity index (χ4n) is 2.06. The Labute approximate surface area is 112 Å². The van der Waals surface area contributed by atoms with Crippen LogP contribution in [-0.4, -0.2) is 28.6 Å². The Bertz CT molecular complexity index is 564. The van der Waals surface area contributed by atoms with Crippen molar-refractivity contribution in [2.45, 2.75) is 25.8 Å². The Morgan fingerprint density at radius 1 is 1.37 bits per heavy atom. The molecule has 0 saturated carbocycles. The minimum atomic E-state index is -0.116. The van der Waals surface area contributed by atoms with Crippen LogP contribution in [0.25, 0.3) is 10.9 Å². The van der Waals surface area contributed by atoms with Gasteiger partial charge in [-0.05, 0) is 31.9 Å². The number of carbonyl (C=O) groups is 1. The fraction of sp³-hybridized carbons (Fsp3) is 0.333. The van der Waals surface area contributed by atoms with E-state index in [0.717, 1.165) is 17.3 Å². The first-order valence-electron chi connectivity index (χ1n) is 6.48. The summed E-state index contributed by atoms with van der Waals surface area (Å²) in [5, 5.41) is 12.7. The van der Waals surface area contributed by atoms with Crippen LogP contribution in [0, 0.1) is 0 Å². The third kappa shape index (κ3) is 3.29. The first-order chi connectivity index (χ1) is 9.22. The number of rotatable bonds is 5. The van der Waals surface area contributed by atoms with Crippen LogP contribution in [0.5, 0.6) is 0 Å². The summed E-state index contributed by atoms with van der Waals surface area (Å²) >= 11 is 0. The summed E-state index contributed by atoms with van der Waals surface area (Å²) in [6.45, 7) is 2.09. The van der Waals surface area contributed by atoms with Crippen molar-refractivity contribution in [2.75, 3.05) is 6.61 Å². The highest BCUT2D eigenvalue weighted by molar-refractivity contribution is 6.05. The average Bonchev–Trinajstić information content (AvgIpc) is 2.44. The van der Waals surface area contributed by atoms with Crippen molar-refractivity contribution in [2.24, 2.45) is 0 Å². The molecule has 1 unspecified atom stereocenters. The molecule has 19 heavy (non-hydrogen) atoms. The Morgan fingerprint density at radius 3 is 2.95 bits per heavy atom. The summed E-state index contributed by atoms with van der Waals surface area (Å²) in [5.41, 5.74) is 1.31. The lowest BCUT2D eigenvalue weighted by atomic mass is 10.1. The van der Waals surface area contributed by atoms with E-state index in [4.69, 9.17) is 5.11 Å². The number of aromatic nitrogens is 1. The molecule has 0 aliphatic rings. The van der Waals surface area contributed by atoms with Gasteiger partial charge in [0.25, 0.3) is 5.91 Å². The number of para-hydroxylation sites is 1. The number of hydrogen-bond acceptors (Lipinski definition) is 3. The SMILES string of the molecule is CC(CCCO)NC(=O)c1cccc2cccnc12. The number of benzene rings is 1. The van der Waals surface area contributed by atoms with Gasteiger partial charge in [-0.15, -0.1) is 0 Å². The Balaban J connectivity index is 2.17. The van der Waals surface area contributed by atoms with Gasteiger partial charge in [0.15, 0.2) is 0 Å². The zero-order valence-corrected chi connectivity index (χ0v) is 11.0. The average molecular weight is 258 g/mol. The van der Waals surface area contributed by atoms with Gasteiger partial charge in [-0.25, -0.2) is 0 Å². The maximum Gasteiger partial charge on any atom is 0.253 e. The van der Waals surface area contributed by atoms with Crippen LogP contribution >= 0.6 is 0 Å². The largest absolute Gasteiger partial charge is 0.396 e. The highest BCUT2D eigenvalue weighted by Gasteiger charge is 2.12. The normalized spacial score (nSPS) is 12.3. The van der Waals surface area contributed by atoms with E-state index in [2.05, 4.69) is 10.3 Å². The van der Waals surface area contributed by atoms with E-state index in [1.165, 1.54) is 0 Å². The number of pyridine rings is 1. The van der Waals surface area contributed by atoms with Crippen LogP contribution in [0.2, 0.25) is 0 Å². The van der Waals surface area contributed by atoms with Crippen molar-refractivity contribution in [3.63, 3.8) is 0 Å². The maximum absolute atomic E-state index is 12.2. The lowest BCUT2D eigenvalue weighted by molar-refractivity contribution is 0.0938. The van der Waals surface area contributed by atoms with Gasteiger partial charge in [-0.2, -0.15) is 0 Å². The molecular formula is C15H18N2O2. The quantitative estimate of drug-likeness (QED) is 0.863. The zero-order valence-electron chi connectivity index (χ0n) is 11.0. The monoisotopic (exact) mass is 258 g/mol. The van der Waals surface area contributed by atoms with Crippen LogP contribution < -0.4 is 5.32 Å². The maximum atomic E-state index is 12.2. The molecule has 1 aromatic carbocycles. The number of amides is 1. The lowest BCUT2D eigenvalue weighted by Crippen LogP contribution is -2.32. The van der Waals surface area contributed by atoms with Crippen molar-refractivity contribution in [3.05, 3.63) is 42.1 Å². The second kappa shape index (κ2) is 6.29. The molecule has 2 rings (SSSR count). The van der Waals surface area contributed by atoms with Gasteiger partial charge < -0.3 is 10.4 Å². The molecule has 4 nitrogen and oxygen atoms in total. The number of aliphatic hydroxyl groups excluding tert-OH is 1. The van der Waals surface area contributed by atoms with Gasteiger partial charge >= 0.3 is 0 Å². The van der Waals surface area contributed by atoms with Crippen molar-refractivity contribution in [1.29, 1.82) is 0 Å². The molecule has 100 valence electrons.